The van der Waals surface area contributed by atoms with Crippen LogP contribution in [-0.2, 0) is 19.4 Å². The van der Waals surface area contributed by atoms with Crippen LogP contribution in [0.15, 0.2) is 29.2 Å². The monoisotopic (exact) mass is 301 g/mol. The van der Waals surface area contributed by atoms with Gasteiger partial charge in [-0.05, 0) is 49.6 Å². The molecule has 0 saturated carbocycles. The predicted molar refractivity (Wildman–Crippen MR) is 84.6 cm³/mol. The van der Waals surface area contributed by atoms with E-state index >= 15 is 0 Å². The van der Waals surface area contributed by atoms with Crippen molar-refractivity contribution in [2.24, 2.45) is 0 Å². The van der Waals surface area contributed by atoms with Gasteiger partial charge in [-0.2, -0.15) is 5.10 Å². The predicted octanol–water partition coefficient (Wildman–Crippen LogP) is 2.94. The number of nitrogens with one attached hydrogen (secondary N) is 2. The quantitative estimate of drug-likeness (QED) is 0.854. The lowest BCUT2D eigenvalue weighted by Gasteiger charge is -2.11. The molecule has 0 atom stereocenters. The zero-order valence-corrected chi connectivity index (χ0v) is 12.9. The standard InChI is InChI=1S/C16H19N3OS/c1-21-12-8-6-11(7-9-12)10-17-16(20)15-13-4-2-3-5-14(13)18-19-15/h6-9H,2-5,10H2,1H3,(H,17,20)(H,18,19). The molecule has 4 nitrogen and oxygen atoms in total. The van der Waals surface area contributed by atoms with Crippen LogP contribution in [0.25, 0.3) is 0 Å². The summed E-state index contributed by atoms with van der Waals surface area (Å²) in [5, 5.41) is 10.2. The van der Waals surface area contributed by atoms with Gasteiger partial charge in [0.1, 0.15) is 0 Å². The van der Waals surface area contributed by atoms with Gasteiger partial charge in [-0.1, -0.05) is 12.1 Å². The van der Waals surface area contributed by atoms with E-state index in [9.17, 15) is 4.79 Å². The minimum absolute atomic E-state index is 0.0802. The first-order valence-corrected chi connectivity index (χ1v) is 8.47. The van der Waals surface area contributed by atoms with Crippen molar-refractivity contribution in [3.05, 3.63) is 46.8 Å². The number of rotatable bonds is 4. The third-order valence-electron chi connectivity index (χ3n) is 3.88. The maximum absolute atomic E-state index is 12.3. The largest absolute Gasteiger partial charge is 0.347 e. The molecule has 2 aromatic rings. The van der Waals surface area contributed by atoms with Crippen LogP contribution in [-0.4, -0.2) is 22.4 Å². The number of amides is 1. The summed E-state index contributed by atoms with van der Waals surface area (Å²) >= 11 is 1.71. The van der Waals surface area contributed by atoms with Gasteiger partial charge in [0.05, 0.1) is 0 Å². The van der Waals surface area contributed by atoms with Crippen molar-refractivity contribution in [3.8, 4) is 0 Å². The molecule has 0 saturated heterocycles. The fraction of sp³-hybridized carbons (Fsp3) is 0.375. The average molecular weight is 301 g/mol. The van der Waals surface area contributed by atoms with Crippen LogP contribution < -0.4 is 5.32 Å². The molecule has 2 N–H and O–H groups in total. The summed E-state index contributed by atoms with van der Waals surface area (Å²) in [4.78, 5) is 13.5. The molecule has 0 fully saturated rings. The number of thioether (sulfide) groups is 1. The van der Waals surface area contributed by atoms with E-state index in [0.717, 1.165) is 36.1 Å². The van der Waals surface area contributed by atoms with E-state index < -0.39 is 0 Å². The van der Waals surface area contributed by atoms with Gasteiger partial charge < -0.3 is 5.32 Å². The second-order valence-electron chi connectivity index (χ2n) is 5.27. The van der Waals surface area contributed by atoms with Gasteiger partial charge in [0.2, 0.25) is 0 Å². The molecular weight excluding hydrogens is 282 g/mol. The smallest absolute Gasteiger partial charge is 0.272 e. The zero-order chi connectivity index (χ0) is 14.7. The number of benzene rings is 1. The molecule has 0 spiro atoms. The molecule has 1 heterocycles. The normalized spacial score (nSPS) is 13.8. The van der Waals surface area contributed by atoms with Crippen molar-refractivity contribution in [1.82, 2.24) is 15.5 Å². The summed E-state index contributed by atoms with van der Waals surface area (Å²) in [6.45, 7) is 0.537. The van der Waals surface area contributed by atoms with E-state index in [-0.39, 0.29) is 5.91 Å². The Hall–Kier alpha value is -1.75. The Morgan fingerprint density at radius 2 is 2.05 bits per heavy atom. The molecule has 0 unspecified atom stereocenters. The number of carbonyl (C=O) groups is 1. The molecule has 1 amide bonds. The zero-order valence-electron chi connectivity index (χ0n) is 12.1. The van der Waals surface area contributed by atoms with Gasteiger partial charge in [0.25, 0.3) is 5.91 Å². The second kappa shape index (κ2) is 6.35. The molecule has 21 heavy (non-hydrogen) atoms. The van der Waals surface area contributed by atoms with Crippen LogP contribution in [0.5, 0.6) is 0 Å². The molecule has 3 rings (SSSR count). The lowest BCUT2D eigenvalue weighted by molar-refractivity contribution is 0.0945. The second-order valence-corrected chi connectivity index (χ2v) is 6.15. The molecule has 1 aromatic carbocycles. The average Bonchev–Trinajstić information content (AvgIpc) is 2.97. The topological polar surface area (TPSA) is 57.8 Å². The highest BCUT2D eigenvalue weighted by atomic mass is 32.2. The summed E-state index contributed by atoms with van der Waals surface area (Å²) < 4.78 is 0. The first kappa shape index (κ1) is 14.2. The molecule has 1 aromatic heterocycles. The van der Waals surface area contributed by atoms with Crippen LogP contribution in [0, 0.1) is 0 Å². The van der Waals surface area contributed by atoms with E-state index in [1.165, 1.54) is 11.3 Å². The van der Waals surface area contributed by atoms with Crippen molar-refractivity contribution in [2.75, 3.05) is 6.26 Å². The van der Waals surface area contributed by atoms with Crippen LogP contribution in [0.3, 0.4) is 0 Å². The highest BCUT2D eigenvalue weighted by Crippen LogP contribution is 2.22. The van der Waals surface area contributed by atoms with Crippen LogP contribution in [0.1, 0.15) is 40.2 Å². The Bertz CT molecular complexity index is 633. The molecular formula is C16H19N3OS. The highest BCUT2D eigenvalue weighted by molar-refractivity contribution is 7.98. The lowest BCUT2D eigenvalue weighted by atomic mass is 9.96. The van der Waals surface area contributed by atoms with E-state index in [1.807, 2.05) is 12.1 Å². The number of H-pyrrole nitrogens is 1. The summed E-state index contributed by atoms with van der Waals surface area (Å²) in [6.07, 6.45) is 6.33. The first-order chi connectivity index (χ1) is 10.3. The van der Waals surface area contributed by atoms with Gasteiger partial charge in [-0.3, -0.25) is 9.89 Å². The van der Waals surface area contributed by atoms with Gasteiger partial charge in [0, 0.05) is 22.7 Å². The molecule has 110 valence electrons. The van der Waals surface area contributed by atoms with E-state index in [1.54, 1.807) is 11.8 Å². The number of hydrogen-bond donors (Lipinski definition) is 2. The number of carbonyl (C=O) groups excluding carboxylic acids is 1. The van der Waals surface area contributed by atoms with Crippen molar-refractivity contribution < 1.29 is 4.79 Å². The minimum Gasteiger partial charge on any atom is -0.347 e. The summed E-state index contributed by atoms with van der Waals surface area (Å²) in [7, 11) is 0. The fourth-order valence-corrected chi connectivity index (χ4v) is 3.09. The highest BCUT2D eigenvalue weighted by Gasteiger charge is 2.21. The number of aryl methyl sites for hydroxylation is 1. The van der Waals surface area contributed by atoms with E-state index in [0.29, 0.717) is 12.2 Å². The van der Waals surface area contributed by atoms with Gasteiger partial charge >= 0.3 is 0 Å². The Balaban J connectivity index is 1.64. The van der Waals surface area contributed by atoms with Crippen LogP contribution in [0.2, 0.25) is 0 Å². The number of hydrogen-bond acceptors (Lipinski definition) is 3. The molecule has 0 aliphatic heterocycles. The van der Waals surface area contributed by atoms with E-state index in [2.05, 4.69) is 33.9 Å². The van der Waals surface area contributed by atoms with Gasteiger partial charge in [-0.25, -0.2) is 0 Å². The summed E-state index contributed by atoms with van der Waals surface area (Å²) in [5.74, 6) is -0.0802. The lowest BCUT2D eigenvalue weighted by Crippen LogP contribution is -2.24. The Labute approximate surface area is 128 Å². The first-order valence-electron chi connectivity index (χ1n) is 7.25. The molecule has 0 radical (unpaired) electrons. The third-order valence-corrected chi connectivity index (χ3v) is 4.63. The van der Waals surface area contributed by atoms with Gasteiger partial charge in [0.15, 0.2) is 5.69 Å². The maximum atomic E-state index is 12.3. The van der Waals surface area contributed by atoms with E-state index in [4.69, 9.17) is 0 Å². The molecule has 1 aliphatic rings. The van der Waals surface area contributed by atoms with Crippen LogP contribution in [0.4, 0.5) is 0 Å². The van der Waals surface area contributed by atoms with Crippen molar-refractivity contribution >= 4 is 17.7 Å². The Morgan fingerprint density at radius 3 is 2.81 bits per heavy atom. The molecule has 0 bridgehead atoms. The van der Waals surface area contributed by atoms with Crippen molar-refractivity contribution in [3.63, 3.8) is 0 Å². The van der Waals surface area contributed by atoms with Crippen molar-refractivity contribution in [1.29, 1.82) is 0 Å². The third kappa shape index (κ3) is 3.13. The van der Waals surface area contributed by atoms with Gasteiger partial charge in [-0.15, -0.1) is 11.8 Å². The Morgan fingerprint density at radius 1 is 1.29 bits per heavy atom. The Kier molecular flexibility index (Phi) is 4.29. The minimum atomic E-state index is -0.0802. The number of fused-ring (bicyclic) bond motifs is 1. The van der Waals surface area contributed by atoms with Crippen LogP contribution >= 0.6 is 11.8 Å². The number of nitrogens with zero attached hydrogens (tertiary/aromatic N) is 1. The van der Waals surface area contributed by atoms with Crippen molar-refractivity contribution in [2.45, 2.75) is 37.1 Å². The number of aromatic nitrogens is 2. The number of aromatic amines is 1. The SMILES string of the molecule is CSc1ccc(CNC(=O)c2n[nH]c3c2CCCC3)cc1. The molecule has 5 heteroatoms. The summed E-state index contributed by atoms with van der Waals surface area (Å²) in [6, 6.07) is 8.24. The maximum Gasteiger partial charge on any atom is 0.272 e. The fourth-order valence-electron chi connectivity index (χ4n) is 2.68. The summed E-state index contributed by atoms with van der Waals surface area (Å²) in [5.41, 5.74) is 3.92. The molecule has 1 aliphatic carbocycles.